The van der Waals surface area contributed by atoms with Crippen molar-refractivity contribution in [3.63, 3.8) is 0 Å². The van der Waals surface area contributed by atoms with E-state index in [4.69, 9.17) is 0 Å². The van der Waals surface area contributed by atoms with Crippen LogP contribution in [0.15, 0.2) is 12.2 Å². The minimum atomic E-state index is -1.55. The van der Waals surface area contributed by atoms with E-state index in [1.807, 2.05) is 0 Å². The molecule has 0 bridgehead atoms. The van der Waals surface area contributed by atoms with Crippen LogP contribution in [-0.4, -0.2) is 96.7 Å². The zero-order valence-electron chi connectivity index (χ0n) is 27.1. The summed E-state index contributed by atoms with van der Waals surface area (Å²) in [6.07, 6.45) is 16.2. The number of hydrogen-bond acceptors (Lipinski definition) is 6. The average Bonchev–Trinajstić information content (AvgIpc) is 2.94. The topological polar surface area (TPSA) is 121 Å². The van der Waals surface area contributed by atoms with Crippen molar-refractivity contribution >= 4 is 11.9 Å². The summed E-state index contributed by atoms with van der Waals surface area (Å²) in [4.78, 5) is 18.8. The van der Waals surface area contributed by atoms with E-state index in [0.717, 1.165) is 22.1 Å². The van der Waals surface area contributed by atoms with Gasteiger partial charge in [-0.1, -0.05) is 80.1 Å². The van der Waals surface area contributed by atoms with Crippen molar-refractivity contribution in [2.45, 2.75) is 119 Å². The molecule has 0 aromatic carbocycles. The van der Waals surface area contributed by atoms with E-state index in [-0.39, 0.29) is 0 Å². The zero-order chi connectivity index (χ0) is 31.1. The van der Waals surface area contributed by atoms with Crippen LogP contribution in [0.2, 0.25) is 0 Å². The molecule has 0 aliphatic carbocycles. The molecular formula is C32H66N2O6. The Balaban J connectivity index is -0.000000543. The van der Waals surface area contributed by atoms with E-state index < -0.39 is 11.9 Å². The second-order valence-corrected chi connectivity index (χ2v) is 11.0. The molecule has 0 spiro atoms. The summed E-state index contributed by atoms with van der Waals surface area (Å²) in [6, 6.07) is 0. The molecule has 0 amide bonds. The number of aliphatic carboxylic acids is 2. The molecular weight excluding hydrogens is 508 g/mol. The maximum Gasteiger partial charge on any atom is 0.102 e. The summed E-state index contributed by atoms with van der Waals surface area (Å²) in [5, 5.41) is 37.4. The predicted octanol–water partition coefficient (Wildman–Crippen LogP) is 3.43. The van der Waals surface area contributed by atoms with Crippen LogP contribution in [0.5, 0.6) is 0 Å². The Morgan fingerprint density at radius 3 is 0.800 bits per heavy atom. The third-order valence-corrected chi connectivity index (χ3v) is 7.42. The van der Waals surface area contributed by atoms with E-state index in [9.17, 15) is 30.0 Å². The quantitative estimate of drug-likeness (QED) is 0.135. The molecule has 0 aromatic rings. The number of rotatable bonds is 24. The minimum absolute atomic E-state index is 0.344. The van der Waals surface area contributed by atoms with Gasteiger partial charge in [-0.05, 0) is 50.7 Å². The van der Waals surface area contributed by atoms with Gasteiger partial charge in [0.15, 0.2) is 0 Å². The van der Waals surface area contributed by atoms with Crippen LogP contribution < -0.4 is 10.2 Å². The molecule has 0 unspecified atom stereocenters. The number of aliphatic hydroxyl groups excluding tert-OH is 2. The average molecular weight is 575 g/mol. The van der Waals surface area contributed by atoms with Gasteiger partial charge in [-0.3, -0.25) is 0 Å². The van der Waals surface area contributed by atoms with Crippen molar-refractivity contribution in [3.05, 3.63) is 12.2 Å². The van der Waals surface area contributed by atoms with Gasteiger partial charge in [0.25, 0.3) is 0 Å². The van der Waals surface area contributed by atoms with Gasteiger partial charge in [0, 0.05) is 0 Å². The first-order chi connectivity index (χ1) is 19.1. The molecule has 0 aliphatic heterocycles. The van der Waals surface area contributed by atoms with Crippen molar-refractivity contribution in [2.24, 2.45) is 0 Å². The summed E-state index contributed by atoms with van der Waals surface area (Å²) >= 11 is 0. The summed E-state index contributed by atoms with van der Waals surface area (Å²) in [6.45, 7) is 23.7. The number of nitrogens with zero attached hydrogens (tertiary/aromatic N) is 2. The van der Waals surface area contributed by atoms with Crippen LogP contribution in [0.4, 0.5) is 0 Å². The van der Waals surface area contributed by atoms with Crippen molar-refractivity contribution in [3.8, 4) is 0 Å². The Morgan fingerprint density at radius 1 is 0.475 bits per heavy atom. The van der Waals surface area contributed by atoms with Crippen LogP contribution in [-0.2, 0) is 9.59 Å². The number of hydrogen-bond donors (Lipinski definition) is 2. The summed E-state index contributed by atoms with van der Waals surface area (Å²) in [7, 11) is 0. The van der Waals surface area contributed by atoms with Crippen molar-refractivity contribution in [1.82, 2.24) is 0 Å². The second kappa shape index (κ2) is 30.5. The van der Waals surface area contributed by atoms with E-state index >= 15 is 0 Å². The summed E-state index contributed by atoms with van der Waals surface area (Å²) < 4.78 is 2.32. The molecule has 0 heterocycles. The van der Waals surface area contributed by atoms with E-state index in [1.165, 1.54) is 116 Å². The van der Waals surface area contributed by atoms with E-state index in [1.54, 1.807) is 0 Å². The highest BCUT2D eigenvalue weighted by Crippen LogP contribution is 2.15. The van der Waals surface area contributed by atoms with E-state index in [0.29, 0.717) is 25.4 Å². The molecule has 0 atom stereocenters. The molecule has 0 saturated carbocycles. The highest BCUT2D eigenvalue weighted by Gasteiger charge is 2.25. The fraction of sp³-hybridized carbons (Fsp3) is 0.875. The van der Waals surface area contributed by atoms with Gasteiger partial charge in [0.2, 0.25) is 0 Å². The van der Waals surface area contributed by atoms with Gasteiger partial charge in [0.1, 0.15) is 13.1 Å². The number of carboxylic acid groups (broad SMARTS) is 2. The van der Waals surface area contributed by atoms with Crippen molar-refractivity contribution in [2.75, 3.05) is 65.6 Å². The number of carbonyl (C=O) groups excluding carboxylic acids is 2. The number of carboxylic acids is 2. The molecule has 0 radical (unpaired) electrons. The van der Waals surface area contributed by atoms with Gasteiger partial charge in [-0.15, -0.1) is 0 Å². The lowest BCUT2D eigenvalue weighted by atomic mass is 10.1. The maximum atomic E-state index is 9.41. The first-order valence-corrected chi connectivity index (χ1v) is 16.1. The minimum Gasteiger partial charge on any atom is -0.545 e. The highest BCUT2D eigenvalue weighted by molar-refractivity contribution is 5.87. The Kier molecular flexibility index (Phi) is 32.7. The molecule has 0 rings (SSSR count). The number of unbranched alkanes of at least 4 members (excludes halogenated alkanes) is 6. The molecule has 0 aromatic heterocycles. The monoisotopic (exact) mass is 574 g/mol. The second-order valence-electron chi connectivity index (χ2n) is 11.0. The molecule has 0 fully saturated rings. The van der Waals surface area contributed by atoms with Crippen LogP contribution in [0.25, 0.3) is 0 Å². The normalized spacial score (nSPS) is 11.5. The summed E-state index contributed by atoms with van der Waals surface area (Å²) in [5.41, 5.74) is 0. The largest absolute Gasteiger partial charge is 0.545 e. The van der Waals surface area contributed by atoms with Crippen LogP contribution in [0.3, 0.4) is 0 Å². The standard InChI is InChI=1S/2C14H32NO.C4H4O4/c2*1-4-7-10-15(13-14-16,11-8-5-2)12-9-6-3;5-3(6)1-2-4(7)8/h2*16H,4-14H2,1-3H3;1-2H,(H,5,6)(H,7,8)/q2*+1;/p-2/b;;2-1+. The fourth-order valence-corrected chi connectivity index (χ4v) is 4.86. The Hall–Kier alpha value is -1.48. The lowest BCUT2D eigenvalue weighted by Crippen LogP contribution is -2.51. The number of quaternary nitrogens is 2. The van der Waals surface area contributed by atoms with Gasteiger partial charge < -0.3 is 39.0 Å². The molecule has 2 N–H and O–H groups in total. The Labute approximate surface area is 247 Å². The molecule has 8 heteroatoms. The predicted molar refractivity (Wildman–Crippen MR) is 162 cm³/mol. The summed E-state index contributed by atoms with van der Waals surface area (Å²) in [5.74, 6) is -3.09. The first-order valence-electron chi connectivity index (χ1n) is 16.1. The Bertz CT molecular complexity index is 504. The molecule has 0 saturated heterocycles. The zero-order valence-corrected chi connectivity index (χ0v) is 27.1. The smallest absolute Gasteiger partial charge is 0.102 e. The molecule has 8 nitrogen and oxygen atoms in total. The maximum absolute atomic E-state index is 9.41. The van der Waals surface area contributed by atoms with Crippen LogP contribution >= 0.6 is 0 Å². The van der Waals surface area contributed by atoms with Crippen LogP contribution in [0.1, 0.15) is 119 Å². The third kappa shape index (κ3) is 26.7. The lowest BCUT2D eigenvalue weighted by molar-refractivity contribution is -0.929. The van der Waals surface area contributed by atoms with Gasteiger partial charge in [-0.25, -0.2) is 0 Å². The van der Waals surface area contributed by atoms with Gasteiger partial charge in [-0.2, -0.15) is 0 Å². The number of aliphatic hydroxyl groups is 2. The first kappa shape index (κ1) is 43.0. The molecule has 0 aliphatic rings. The van der Waals surface area contributed by atoms with Gasteiger partial charge >= 0.3 is 0 Å². The van der Waals surface area contributed by atoms with E-state index in [2.05, 4.69) is 41.5 Å². The van der Waals surface area contributed by atoms with Crippen molar-refractivity contribution < 1.29 is 39.0 Å². The number of carbonyl (C=O) groups is 2. The Morgan fingerprint density at radius 2 is 0.675 bits per heavy atom. The molecule has 240 valence electrons. The van der Waals surface area contributed by atoms with Crippen molar-refractivity contribution in [1.29, 1.82) is 0 Å². The fourth-order valence-electron chi connectivity index (χ4n) is 4.86. The van der Waals surface area contributed by atoms with Gasteiger partial charge in [0.05, 0.1) is 64.4 Å². The third-order valence-electron chi connectivity index (χ3n) is 7.42. The lowest BCUT2D eigenvalue weighted by Gasteiger charge is -2.38. The van der Waals surface area contributed by atoms with Crippen LogP contribution in [0, 0.1) is 0 Å². The highest BCUT2D eigenvalue weighted by atomic mass is 16.4. The SMILES string of the molecule is CCCC[N+](CCO)(CCCC)CCCC.CCCC[N+](CCO)(CCCC)CCCC.O=C([O-])/C=C/C(=O)[O-]. The molecule has 40 heavy (non-hydrogen) atoms.